The van der Waals surface area contributed by atoms with E-state index in [1.165, 1.54) is 6.07 Å². The summed E-state index contributed by atoms with van der Waals surface area (Å²) in [6.45, 7) is 3.69. The number of benzene rings is 2. The van der Waals surface area contributed by atoms with Crippen LogP contribution in [-0.4, -0.2) is 33.0 Å². The second kappa shape index (κ2) is 11.4. The van der Waals surface area contributed by atoms with Crippen molar-refractivity contribution in [1.82, 2.24) is 10.6 Å². The lowest BCUT2D eigenvalue weighted by molar-refractivity contribution is 0.310. The summed E-state index contributed by atoms with van der Waals surface area (Å²) >= 11 is 1.67. The lowest BCUT2D eigenvalue weighted by atomic mass is 10.1. The van der Waals surface area contributed by atoms with Gasteiger partial charge in [-0.15, -0.1) is 0 Å². The Morgan fingerprint density at radius 1 is 1.07 bits per heavy atom. The molecule has 0 saturated carbocycles. The van der Waals surface area contributed by atoms with E-state index in [4.69, 9.17) is 9.47 Å². The van der Waals surface area contributed by atoms with E-state index >= 15 is 0 Å². The summed E-state index contributed by atoms with van der Waals surface area (Å²) in [7, 11) is 3.35. The number of aliphatic imine (C=N–C) groups is 1. The number of nitrogens with one attached hydrogen (secondary N) is 2. The van der Waals surface area contributed by atoms with Crippen molar-refractivity contribution in [2.45, 2.75) is 25.8 Å². The molecular formula is C21H28FN3O2S. The highest BCUT2D eigenvalue weighted by Crippen LogP contribution is 2.28. The number of thioether (sulfide) groups is 1. The van der Waals surface area contributed by atoms with E-state index in [9.17, 15) is 4.39 Å². The van der Waals surface area contributed by atoms with E-state index in [0.717, 1.165) is 28.2 Å². The number of nitrogens with zero attached hydrogens (tertiary/aromatic N) is 1. The Balaban J connectivity index is 1.97. The highest BCUT2D eigenvalue weighted by molar-refractivity contribution is 7.97. The zero-order valence-corrected chi connectivity index (χ0v) is 17.7. The van der Waals surface area contributed by atoms with Gasteiger partial charge in [-0.05, 0) is 54.1 Å². The van der Waals surface area contributed by atoms with Crippen LogP contribution in [0, 0.1) is 5.82 Å². The molecule has 7 heteroatoms. The maximum Gasteiger partial charge on any atom is 0.191 e. The lowest BCUT2D eigenvalue weighted by Crippen LogP contribution is -2.36. The average Bonchev–Trinajstić information content (AvgIpc) is 2.70. The number of methoxy groups -OCH3 is 1. The van der Waals surface area contributed by atoms with Crippen molar-refractivity contribution in [3.05, 3.63) is 58.9 Å². The molecule has 2 aromatic rings. The first-order valence-corrected chi connectivity index (χ1v) is 10.5. The average molecular weight is 406 g/mol. The van der Waals surface area contributed by atoms with Crippen LogP contribution in [0.1, 0.15) is 23.6 Å². The predicted octanol–water partition coefficient (Wildman–Crippen LogP) is 3.96. The van der Waals surface area contributed by atoms with Crippen molar-refractivity contribution in [3.8, 4) is 11.5 Å². The van der Waals surface area contributed by atoms with Crippen LogP contribution < -0.4 is 20.1 Å². The van der Waals surface area contributed by atoms with Crippen LogP contribution in [-0.2, 0) is 18.8 Å². The maximum atomic E-state index is 13.5. The Morgan fingerprint density at radius 3 is 2.54 bits per heavy atom. The molecule has 0 spiro atoms. The molecule has 2 N–H and O–H groups in total. The molecule has 28 heavy (non-hydrogen) atoms. The van der Waals surface area contributed by atoms with Crippen molar-refractivity contribution in [3.63, 3.8) is 0 Å². The molecule has 0 aliphatic carbocycles. The molecule has 2 rings (SSSR count). The minimum atomic E-state index is -0.209. The number of ether oxygens (including phenoxy) is 2. The molecule has 0 fully saturated rings. The minimum absolute atomic E-state index is 0.209. The summed E-state index contributed by atoms with van der Waals surface area (Å²) in [4.78, 5) is 4.26. The number of rotatable bonds is 9. The van der Waals surface area contributed by atoms with Gasteiger partial charge in [0.1, 0.15) is 5.82 Å². The van der Waals surface area contributed by atoms with Gasteiger partial charge in [0.05, 0.1) is 13.7 Å². The fourth-order valence-corrected chi connectivity index (χ4v) is 3.32. The van der Waals surface area contributed by atoms with Crippen LogP contribution >= 0.6 is 11.8 Å². The SMILES string of the molecule is CCOc1ccc(CNC(=NC)NCc2ccc(F)cc2CSC)cc1OC. The fraction of sp³-hybridized carbons (Fsp3) is 0.381. The molecule has 0 unspecified atom stereocenters. The van der Waals surface area contributed by atoms with E-state index in [1.807, 2.05) is 37.4 Å². The Kier molecular flexibility index (Phi) is 8.94. The number of hydrogen-bond acceptors (Lipinski definition) is 4. The molecule has 152 valence electrons. The summed E-state index contributed by atoms with van der Waals surface area (Å²) in [6.07, 6.45) is 2.01. The third kappa shape index (κ3) is 6.34. The van der Waals surface area contributed by atoms with Crippen LogP contribution in [0.5, 0.6) is 11.5 Å². The van der Waals surface area contributed by atoms with Crippen LogP contribution in [0.15, 0.2) is 41.4 Å². The molecular weight excluding hydrogens is 377 g/mol. The quantitative estimate of drug-likeness (QED) is 0.489. The van der Waals surface area contributed by atoms with Crippen LogP contribution in [0.2, 0.25) is 0 Å². The summed E-state index contributed by atoms with van der Waals surface area (Å²) in [6, 6.07) is 10.7. The van der Waals surface area contributed by atoms with E-state index in [1.54, 1.807) is 32.0 Å². The van der Waals surface area contributed by atoms with Gasteiger partial charge >= 0.3 is 0 Å². The Labute approximate surface area is 170 Å². The second-order valence-electron chi connectivity index (χ2n) is 6.04. The van der Waals surface area contributed by atoms with Crippen molar-refractivity contribution < 1.29 is 13.9 Å². The number of halogens is 1. The Morgan fingerprint density at radius 2 is 1.86 bits per heavy atom. The van der Waals surface area contributed by atoms with Gasteiger partial charge in [0.25, 0.3) is 0 Å². The topological polar surface area (TPSA) is 54.9 Å². The summed E-state index contributed by atoms with van der Waals surface area (Å²) in [5.41, 5.74) is 3.10. The molecule has 0 aliphatic heterocycles. The largest absolute Gasteiger partial charge is 0.493 e. The first kappa shape index (κ1) is 21.9. The van der Waals surface area contributed by atoms with Crippen LogP contribution in [0.25, 0.3) is 0 Å². The Bertz CT molecular complexity index is 799. The predicted molar refractivity (Wildman–Crippen MR) is 115 cm³/mol. The number of guanidine groups is 1. The fourth-order valence-electron chi connectivity index (χ4n) is 2.74. The Hall–Kier alpha value is -2.41. The van der Waals surface area contributed by atoms with Gasteiger partial charge in [-0.1, -0.05) is 12.1 Å². The summed E-state index contributed by atoms with van der Waals surface area (Å²) in [5.74, 6) is 2.67. The highest BCUT2D eigenvalue weighted by Gasteiger charge is 2.08. The first-order valence-electron chi connectivity index (χ1n) is 9.11. The monoisotopic (exact) mass is 405 g/mol. The molecule has 0 amide bonds. The second-order valence-corrected chi connectivity index (χ2v) is 6.91. The van der Waals surface area contributed by atoms with Gasteiger partial charge in [0, 0.05) is 25.9 Å². The molecule has 0 saturated heterocycles. The third-order valence-electron chi connectivity index (χ3n) is 4.13. The third-order valence-corrected chi connectivity index (χ3v) is 4.73. The molecule has 0 aromatic heterocycles. The highest BCUT2D eigenvalue weighted by atomic mass is 32.2. The maximum absolute atomic E-state index is 13.5. The van der Waals surface area contributed by atoms with E-state index in [0.29, 0.717) is 31.4 Å². The van der Waals surface area contributed by atoms with Gasteiger partial charge in [0.2, 0.25) is 0 Å². The molecule has 5 nitrogen and oxygen atoms in total. The molecule has 2 aromatic carbocycles. The van der Waals surface area contributed by atoms with E-state index in [2.05, 4.69) is 15.6 Å². The molecule has 0 radical (unpaired) electrons. The molecule has 0 heterocycles. The van der Waals surface area contributed by atoms with Crippen LogP contribution in [0.4, 0.5) is 4.39 Å². The zero-order chi connectivity index (χ0) is 20.4. The van der Waals surface area contributed by atoms with Gasteiger partial charge in [-0.25, -0.2) is 4.39 Å². The minimum Gasteiger partial charge on any atom is -0.493 e. The summed E-state index contributed by atoms with van der Waals surface area (Å²) in [5, 5.41) is 6.57. The number of hydrogen-bond donors (Lipinski definition) is 2. The smallest absolute Gasteiger partial charge is 0.191 e. The standard InChI is InChI=1S/C21H28FN3O2S/c1-5-27-19-9-6-15(10-20(19)26-3)12-24-21(23-2)25-13-16-7-8-18(22)11-17(16)14-28-4/h6-11H,5,12-14H2,1-4H3,(H2,23,24,25). The normalized spacial score (nSPS) is 11.2. The van der Waals surface area contributed by atoms with Crippen LogP contribution in [0.3, 0.4) is 0 Å². The van der Waals surface area contributed by atoms with Crippen molar-refractivity contribution >= 4 is 17.7 Å². The van der Waals surface area contributed by atoms with E-state index in [-0.39, 0.29) is 5.82 Å². The molecule has 0 bridgehead atoms. The van der Waals surface area contributed by atoms with E-state index < -0.39 is 0 Å². The van der Waals surface area contributed by atoms with Crippen molar-refractivity contribution in [1.29, 1.82) is 0 Å². The van der Waals surface area contributed by atoms with Gasteiger partial charge in [-0.2, -0.15) is 11.8 Å². The van der Waals surface area contributed by atoms with Gasteiger partial charge < -0.3 is 20.1 Å². The summed E-state index contributed by atoms with van der Waals surface area (Å²) < 4.78 is 24.4. The molecule has 0 atom stereocenters. The zero-order valence-electron chi connectivity index (χ0n) is 16.8. The van der Waals surface area contributed by atoms with Gasteiger partial charge in [0.15, 0.2) is 17.5 Å². The van der Waals surface area contributed by atoms with Crippen molar-refractivity contribution in [2.75, 3.05) is 27.0 Å². The first-order chi connectivity index (χ1) is 13.6. The van der Waals surface area contributed by atoms with Crippen molar-refractivity contribution in [2.24, 2.45) is 4.99 Å². The molecule has 0 aliphatic rings. The van der Waals surface area contributed by atoms with Gasteiger partial charge in [-0.3, -0.25) is 4.99 Å². The lowest BCUT2D eigenvalue weighted by Gasteiger charge is -2.15.